The minimum atomic E-state index is -0.318. The molecule has 0 bridgehead atoms. The van der Waals surface area contributed by atoms with Crippen molar-refractivity contribution >= 4 is 23.3 Å². The Morgan fingerprint density at radius 3 is 2.15 bits per heavy atom. The van der Waals surface area contributed by atoms with E-state index in [1.807, 2.05) is 0 Å². The number of carbonyl (C=O) groups excluding carboxylic acids is 3. The molecule has 26 heavy (non-hydrogen) atoms. The average molecular weight is 350 g/mol. The maximum absolute atomic E-state index is 12.5. The molecule has 1 aliphatic rings. The molecule has 0 aromatic heterocycles. The van der Waals surface area contributed by atoms with Crippen LogP contribution >= 0.6 is 0 Å². The fraction of sp³-hybridized carbons (Fsp3) is 0.286. The largest absolute Gasteiger partial charge is 0.349 e. The Morgan fingerprint density at radius 1 is 0.846 bits per heavy atom. The fourth-order valence-corrected chi connectivity index (χ4v) is 3.16. The minimum absolute atomic E-state index is 0.0633. The third-order valence-corrected chi connectivity index (χ3v) is 4.60. The molecule has 0 saturated heterocycles. The molecule has 1 saturated carbocycles. The third kappa shape index (κ3) is 4.36. The summed E-state index contributed by atoms with van der Waals surface area (Å²) in [7, 11) is 0. The highest BCUT2D eigenvalue weighted by Crippen LogP contribution is 2.18. The van der Waals surface area contributed by atoms with Crippen LogP contribution in [0.2, 0.25) is 0 Å². The first-order chi connectivity index (χ1) is 12.5. The van der Waals surface area contributed by atoms with Gasteiger partial charge in [-0.1, -0.05) is 31.0 Å². The van der Waals surface area contributed by atoms with E-state index in [9.17, 15) is 14.4 Å². The lowest BCUT2D eigenvalue weighted by Gasteiger charge is -2.12. The van der Waals surface area contributed by atoms with Gasteiger partial charge in [-0.15, -0.1) is 0 Å². The zero-order valence-corrected chi connectivity index (χ0v) is 14.7. The molecule has 2 aromatic rings. The number of amides is 2. The van der Waals surface area contributed by atoms with Crippen LogP contribution in [0, 0.1) is 0 Å². The summed E-state index contributed by atoms with van der Waals surface area (Å²) in [5.41, 5.74) is 1.95. The molecule has 2 amide bonds. The van der Waals surface area contributed by atoms with Crippen LogP contribution in [0.25, 0.3) is 0 Å². The summed E-state index contributed by atoms with van der Waals surface area (Å²) in [6.07, 6.45) is 4.32. The molecule has 1 aliphatic carbocycles. The van der Waals surface area contributed by atoms with Gasteiger partial charge in [-0.05, 0) is 50.1 Å². The van der Waals surface area contributed by atoms with E-state index in [1.165, 1.54) is 6.92 Å². The minimum Gasteiger partial charge on any atom is -0.349 e. The molecule has 0 spiro atoms. The molecule has 3 rings (SSSR count). The molecule has 5 nitrogen and oxygen atoms in total. The number of nitrogens with one attached hydrogen (secondary N) is 2. The van der Waals surface area contributed by atoms with E-state index in [0.717, 1.165) is 25.7 Å². The second kappa shape index (κ2) is 7.95. The van der Waals surface area contributed by atoms with Gasteiger partial charge >= 0.3 is 0 Å². The first-order valence-corrected chi connectivity index (χ1v) is 8.86. The van der Waals surface area contributed by atoms with Gasteiger partial charge in [0.25, 0.3) is 11.8 Å². The van der Waals surface area contributed by atoms with E-state index in [2.05, 4.69) is 10.6 Å². The van der Waals surface area contributed by atoms with Crippen molar-refractivity contribution in [3.05, 3.63) is 65.2 Å². The topological polar surface area (TPSA) is 75.3 Å². The quantitative estimate of drug-likeness (QED) is 0.805. The summed E-state index contributed by atoms with van der Waals surface area (Å²) in [4.78, 5) is 36.3. The average Bonchev–Trinajstić information content (AvgIpc) is 3.15. The van der Waals surface area contributed by atoms with Gasteiger partial charge in [-0.25, -0.2) is 0 Å². The maximum atomic E-state index is 12.5. The van der Waals surface area contributed by atoms with Gasteiger partial charge in [0.1, 0.15) is 0 Å². The van der Waals surface area contributed by atoms with Crippen LogP contribution in [0.4, 0.5) is 5.69 Å². The molecule has 0 heterocycles. The van der Waals surface area contributed by atoms with E-state index in [1.54, 1.807) is 48.5 Å². The van der Waals surface area contributed by atoms with Crippen LogP contribution in [-0.2, 0) is 0 Å². The van der Waals surface area contributed by atoms with E-state index < -0.39 is 0 Å². The molecule has 2 N–H and O–H groups in total. The zero-order chi connectivity index (χ0) is 18.5. The number of hydrogen-bond acceptors (Lipinski definition) is 3. The highest BCUT2D eigenvalue weighted by atomic mass is 16.2. The number of hydrogen-bond donors (Lipinski definition) is 2. The van der Waals surface area contributed by atoms with E-state index in [-0.39, 0.29) is 23.6 Å². The van der Waals surface area contributed by atoms with Gasteiger partial charge in [0.2, 0.25) is 0 Å². The molecule has 0 radical (unpaired) electrons. The molecule has 134 valence electrons. The highest BCUT2D eigenvalue weighted by molar-refractivity contribution is 6.06. The molecule has 2 aromatic carbocycles. The number of rotatable bonds is 5. The molecule has 0 atom stereocenters. The molecule has 0 unspecified atom stereocenters. The number of Topliss-reactive ketones (excluding diaryl/α,β-unsaturated/α-hetero) is 1. The predicted molar refractivity (Wildman–Crippen MR) is 101 cm³/mol. The fourth-order valence-electron chi connectivity index (χ4n) is 3.16. The molecular formula is C21H22N2O3. The first-order valence-electron chi connectivity index (χ1n) is 8.86. The summed E-state index contributed by atoms with van der Waals surface area (Å²) < 4.78 is 0. The molecule has 0 aliphatic heterocycles. The Hall–Kier alpha value is -2.95. The summed E-state index contributed by atoms with van der Waals surface area (Å²) >= 11 is 0. The maximum Gasteiger partial charge on any atom is 0.255 e. The summed E-state index contributed by atoms with van der Waals surface area (Å²) in [5, 5.41) is 5.79. The van der Waals surface area contributed by atoms with Gasteiger partial charge in [-0.3, -0.25) is 14.4 Å². The van der Waals surface area contributed by atoms with Crippen molar-refractivity contribution in [2.45, 2.75) is 38.6 Å². The van der Waals surface area contributed by atoms with Crippen molar-refractivity contribution in [2.75, 3.05) is 5.32 Å². The van der Waals surface area contributed by atoms with Crippen molar-refractivity contribution in [1.29, 1.82) is 0 Å². The lowest BCUT2D eigenvalue weighted by molar-refractivity contribution is 0.0937. The van der Waals surface area contributed by atoms with Crippen molar-refractivity contribution < 1.29 is 14.4 Å². The Bertz CT molecular complexity index is 839. The van der Waals surface area contributed by atoms with E-state index in [0.29, 0.717) is 22.4 Å². The smallest absolute Gasteiger partial charge is 0.255 e. The van der Waals surface area contributed by atoms with Crippen molar-refractivity contribution in [3.8, 4) is 0 Å². The Labute approximate surface area is 152 Å². The number of benzene rings is 2. The van der Waals surface area contributed by atoms with E-state index >= 15 is 0 Å². The second-order valence-corrected chi connectivity index (χ2v) is 6.63. The monoisotopic (exact) mass is 350 g/mol. The zero-order valence-electron chi connectivity index (χ0n) is 14.7. The van der Waals surface area contributed by atoms with Crippen molar-refractivity contribution in [2.24, 2.45) is 0 Å². The SMILES string of the molecule is CC(=O)c1cccc(NC(=O)c2cccc(C(=O)NC3CCCC3)c2)c1. The van der Waals surface area contributed by atoms with Crippen LogP contribution in [-0.4, -0.2) is 23.6 Å². The van der Waals surface area contributed by atoms with Crippen LogP contribution < -0.4 is 10.6 Å². The Kier molecular flexibility index (Phi) is 5.46. The van der Waals surface area contributed by atoms with Gasteiger partial charge < -0.3 is 10.6 Å². The second-order valence-electron chi connectivity index (χ2n) is 6.63. The van der Waals surface area contributed by atoms with Crippen LogP contribution in [0.15, 0.2) is 48.5 Å². The number of ketones is 1. The summed E-state index contributed by atoms with van der Waals surface area (Å²) in [6, 6.07) is 13.7. The van der Waals surface area contributed by atoms with Gasteiger partial charge in [0.05, 0.1) is 0 Å². The van der Waals surface area contributed by atoms with Crippen molar-refractivity contribution in [3.63, 3.8) is 0 Å². The Balaban J connectivity index is 1.70. The number of carbonyl (C=O) groups is 3. The van der Waals surface area contributed by atoms with Gasteiger partial charge in [0.15, 0.2) is 5.78 Å². The van der Waals surface area contributed by atoms with E-state index in [4.69, 9.17) is 0 Å². The standard InChI is InChI=1S/C21H22N2O3/c1-14(24)15-6-5-11-19(13-15)23-21(26)17-8-4-7-16(12-17)20(25)22-18-9-2-3-10-18/h4-8,11-13,18H,2-3,9-10H2,1H3,(H,22,25)(H,23,26). The normalized spacial score (nSPS) is 14.0. The van der Waals surface area contributed by atoms with Gasteiger partial charge in [-0.2, -0.15) is 0 Å². The number of anilines is 1. The van der Waals surface area contributed by atoms with Gasteiger partial charge in [0, 0.05) is 28.4 Å². The summed E-state index contributed by atoms with van der Waals surface area (Å²) in [5.74, 6) is -0.530. The molecule has 1 fully saturated rings. The lowest BCUT2D eigenvalue weighted by Crippen LogP contribution is -2.32. The van der Waals surface area contributed by atoms with Crippen LogP contribution in [0.3, 0.4) is 0 Å². The molecule has 5 heteroatoms. The first kappa shape index (κ1) is 17.9. The Morgan fingerprint density at radius 2 is 1.46 bits per heavy atom. The van der Waals surface area contributed by atoms with Crippen molar-refractivity contribution in [1.82, 2.24) is 5.32 Å². The van der Waals surface area contributed by atoms with Crippen LogP contribution in [0.1, 0.15) is 63.7 Å². The van der Waals surface area contributed by atoms with Crippen LogP contribution in [0.5, 0.6) is 0 Å². The predicted octanol–water partition coefficient (Wildman–Crippen LogP) is 3.81. The summed E-state index contributed by atoms with van der Waals surface area (Å²) in [6.45, 7) is 1.48. The third-order valence-electron chi connectivity index (χ3n) is 4.60. The molecular weight excluding hydrogens is 328 g/mol. The lowest BCUT2D eigenvalue weighted by atomic mass is 10.1. The highest BCUT2D eigenvalue weighted by Gasteiger charge is 2.18.